The summed E-state index contributed by atoms with van der Waals surface area (Å²) in [5.74, 6) is -1.28. The van der Waals surface area contributed by atoms with Crippen LogP contribution in [0.4, 0.5) is 14.6 Å². The second kappa shape index (κ2) is 11.6. The van der Waals surface area contributed by atoms with Crippen LogP contribution in [0.2, 0.25) is 0 Å². The Morgan fingerprint density at radius 1 is 1.15 bits per heavy atom. The van der Waals surface area contributed by atoms with E-state index >= 15 is 0 Å². The molecule has 0 spiro atoms. The quantitative estimate of drug-likeness (QED) is 0.247. The van der Waals surface area contributed by atoms with Crippen molar-refractivity contribution in [2.45, 2.75) is 18.9 Å². The number of imidazole rings is 1. The van der Waals surface area contributed by atoms with Crippen molar-refractivity contribution in [3.05, 3.63) is 78.5 Å². The van der Waals surface area contributed by atoms with Crippen LogP contribution in [0.5, 0.6) is 5.75 Å². The predicted octanol–water partition coefficient (Wildman–Crippen LogP) is 4.33. The molecule has 3 aromatic heterocycles. The first-order valence-corrected chi connectivity index (χ1v) is 12.7. The molecule has 0 unspecified atom stereocenters. The number of fused-ring (bicyclic) bond motifs is 1. The number of benzene rings is 1. The molecule has 4 aromatic rings. The largest absolute Gasteiger partial charge is 0.492 e. The Morgan fingerprint density at radius 2 is 2.00 bits per heavy atom. The van der Waals surface area contributed by atoms with Crippen LogP contribution in [0.15, 0.2) is 67.4 Å². The van der Waals surface area contributed by atoms with Gasteiger partial charge in [0.25, 0.3) is 5.92 Å². The van der Waals surface area contributed by atoms with Crippen molar-refractivity contribution in [2.24, 2.45) is 0 Å². The number of ether oxygens (including phenoxy) is 1. The highest BCUT2D eigenvalue weighted by Gasteiger charge is 2.37. The molecule has 5 rings (SSSR count). The first-order chi connectivity index (χ1) is 18.9. The smallest absolute Gasteiger partial charge is 0.261 e. The Bertz CT molecular complexity index is 1470. The highest BCUT2D eigenvalue weighted by Crippen LogP contribution is 2.27. The van der Waals surface area contributed by atoms with Crippen molar-refractivity contribution in [3.8, 4) is 17.1 Å². The fourth-order valence-corrected chi connectivity index (χ4v) is 4.50. The Kier molecular flexibility index (Phi) is 7.78. The third kappa shape index (κ3) is 6.37. The third-order valence-electron chi connectivity index (χ3n) is 6.56. The van der Waals surface area contributed by atoms with Crippen LogP contribution in [0.3, 0.4) is 0 Å². The maximum Gasteiger partial charge on any atom is 0.261 e. The lowest BCUT2D eigenvalue weighted by Crippen LogP contribution is -2.29. The van der Waals surface area contributed by atoms with Gasteiger partial charge in [0.1, 0.15) is 30.1 Å². The van der Waals surface area contributed by atoms with Gasteiger partial charge in [-0.15, -0.1) is 0 Å². The summed E-state index contributed by atoms with van der Waals surface area (Å²) in [7, 11) is 1.81. The van der Waals surface area contributed by atoms with Crippen LogP contribution in [0.25, 0.3) is 22.6 Å². The Hall–Kier alpha value is -4.38. The standard InChI is InChI=1S/C28H30F2N8O/c1-32-16-22(14-31)21-4-2-20(3-5-21)15-33-26-13-24(35-19-36-26)25-17-34-27-12-23(6-8-38(25)27)39-11-10-37-9-7-28(29,30)18-37/h2-6,8,12-14,16-17,19,31-32H,7,9-11,15,18H2,1H3,(H,33,35,36)/b22-16+,31-14?. The average molecular weight is 533 g/mol. The number of nitrogens with one attached hydrogen (secondary N) is 3. The number of halogens is 2. The van der Waals surface area contributed by atoms with Crippen LogP contribution in [0, 0.1) is 5.41 Å². The fraction of sp³-hybridized carbons (Fsp3) is 0.286. The molecule has 1 aliphatic heterocycles. The zero-order chi connectivity index (χ0) is 27.2. The van der Waals surface area contributed by atoms with Crippen molar-refractivity contribution in [2.75, 3.05) is 38.6 Å². The van der Waals surface area contributed by atoms with E-state index in [1.165, 1.54) is 12.5 Å². The zero-order valence-corrected chi connectivity index (χ0v) is 21.6. The van der Waals surface area contributed by atoms with E-state index in [0.29, 0.717) is 49.1 Å². The van der Waals surface area contributed by atoms with Crippen molar-refractivity contribution < 1.29 is 13.5 Å². The summed E-state index contributed by atoms with van der Waals surface area (Å²) in [4.78, 5) is 15.0. The number of hydrogen-bond acceptors (Lipinski definition) is 8. The van der Waals surface area contributed by atoms with Gasteiger partial charge in [0, 0.05) is 69.4 Å². The van der Waals surface area contributed by atoms with Gasteiger partial charge in [0.15, 0.2) is 0 Å². The molecule has 9 nitrogen and oxygen atoms in total. The van der Waals surface area contributed by atoms with Gasteiger partial charge < -0.3 is 20.8 Å². The van der Waals surface area contributed by atoms with E-state index in [4.69, 9.17) is 10.1 Å². The van der Waals surface area contributed by atoms with E-state index in [1.54, 1.807) is 17.3 Å². The Labute approximate surface area is 225 Å². The number of likely N-dealkylation sites (tertiary alicyclic amines) is 1. The fourth-order valence-electron chi connectivity index (χ4n) is 4.50. The molecule has 3 N–H and O–H groups in total. The number of rotatable bonds is 11. The zero-order valence-electron chi connectivity index (χ0n) is 21.6. The van der Waals surface area contributed by atoms with Crippen molar-refractivity contribution in [1.29, 1.82) is 5.41 Å². The van der Waals surface area contributed by atoms with Crippen LogP contribution in [-0.2, 0) is 6.54 Å². The third-order valence-corrected chi connectivity index (χ3v) is 6.56. The molecular formula is C28H30F2N8O. The number of hydrogen-bond donors (Lipinski definition) is 3. The summed E-state index contributed by atoms with van der Waals surface area (Å²) < 4.78 is 34.4. The maximum absolute atomic E-state index is 13.4. The molecule has 1 saturated heterocycles. The molecule has 0 bridgehead atoms. The normalized spacial score (nSPS) is 15.4. The van der Waals surface area contributed by atoms with Gasteiger partial charge in [-0.2, -0.15) is 0 Å². The number of aromatic nitrogens is 4. The van der Waals surface area contributed by atoms with Crippen LogP contribution in [-0.4, -0.2) is 69.7 Å². The molecular weight excluding hydrogens is 502 g/mol. The van der Waals surface area contributed by atoms with Gasteiger partial charge in [-0.3, -0.25) is 9.30 Å². The lowest BCUT2D eigenvalue weighted by Gasteiger charge is -2.15. The second-order valence-electron chi connectivity index (χ2n) is 9.34. The maximum atomic E-state index is 13.4. The number of anilines is 1. The number of nitrogens with zero attached hydrogens (tertiary/aromatic N) is 5. The van der Waals surface area contributed by atoms with E-state index in [0.717, 1.165) is 22.4 Å². The van der Waals surface area contributed by atoms with Crippen LogP contribution >= 0.6 is 0 Å². The molecule has 11 heteroatoms. The summed E-state index contributed by atoms with van der Waals surface area (Å²) >= 11 is 0. The molecule has 202 valence electrons. The minimum Gasteiger partial charge on any atom is -0.492 e. The van der Waals surface area contributed by atoms with Gasteiger partial charge >= 0.3 is 0 Å². The summed E-state index contributed by atoms with van der Waals surface area (Å²) in [6, 6.07) is 13.5. The van der Waals surface area contributed by atoms with Gasteiger partial charge in [-0.1, -0.05) is 24.3 Å². The summed E-state index contributed by atoms with van der Waals surface area (Å²) in [5.41, 5.74) is 5.06. The average Bonchev–Trinajstić information content (AvgIpc) is 3.53. The molecule has 1 aromatic carbocycles. The molecule has 4 heterocycles. The number of allylic oxidation sites excluding steroid dienone is 1. The summed E-state index contributed by atoms with van der Waals surface area (Å²) in [5, 5.41) is 13.9. The lowest BCUT2D eigenvalue weighted by atomic mass is 10.1. The Morgan fingerprint density at radius 3 is 2.74 bits per heavy atom. The summed E-state index contributed by atoms with van der Waals surface area (Å²) in [6.45, 7) is 1.55. The topological polar surface area (TPSA) is 103 Å². The predicted molar refractivity (Wildman–Crippen MR) is 147 cm³/mol. The molecule has 0 aliphatic carbocycles. The van der Waals surface area contributed by atoms with Gasteiger partial charge in [-0.05, 0) is 17.2 Å². The lowest BCUT2D eigenvalue weighted by molar-refractivity contribution is 0.0113. The monoisotopic (exact) mass is 532 g/mol. The number of alkyl halides is 2. The minimum absolute atomic E-state index is 0.0920. The molecule has 0 atom stereocenters. The molecule has 39 heavy (non-hydrogen) atoms. The first kappa shape index (κ1) is 26.2. The van der Waals surface area contributed by atoms with E-state index in [9.17, 15) is 8.78 Å². The van der Waals surface area contributed by atoms with Crippen LogP contribution < -0.4 is 15.4 Å². The molecule has 0 radical (unpaired) electrons. The van der Waals surface area contributed by atoms with Crippen molar-refractivity contribution in [3.63, 3.8) is 0 Å². The molecule has 0 saturated carbocycles. The van der Waals surface area contributed by atoms with E-state index in [2.05, 4.69) is 25.6 Å². The Balaban J connectivity index is 1.21. The van der Waals surface area contributed by atoms with E-state index in [-0.39, 0.29) is 13.0 Å². The minimum atomic E-state index is -2.59. The second-order valence-corrected chi connectivity index (χ2v) is 9.34. The van der Waals surface area contributed by atoms with Gasteiger partial charge in [0.2, 0.25) is 0 Å². The van der Waals surface area contributed by atoms with Gasteiger partial charge in [-0.25, -0.2) is 23.7 Å². The molecule has 0 amide bonds. The van der Waals surface area contributed by atoms with E-state index < -0.39 is 5.92 Å². The highest BCUT2D eigenvalue weighted by molar-refractivity contribution is 6.08. The van der Waals surface area contributed by atoms with Crippen molar-refractivity contribution >= 4 is 23.3 Å². The van der Waals surface area contributed by atoms with Crippen LogP contribution in [0.1, 0.15) is 17.5 Å². The first-order valence-electron chi connectivity index (χ1n) is 12.7. The van der Waals surface area contributed by atoms with Gasteiger partial charge in [0.05, 0.1) is 24.1 Å². The summed E-state index contributed by atoms with van der Waals surface area (Å²) in [6.07, 6.45) is 8.14. The molecule has 1 aliphatic rings. The SMILES string of the molecule is CN/C=C(\C=N)c1ccc(CNc2cc(-c3cnc4cc(OCCN5CCC(F)(F)C5)ccn34)ncn2)cc1. The van der Waals surface area contributed by atoms with E-state index in [1.807, 2.05) is 60.1 Å². The highest BCUT2D eigenvalue weighted by atomic mass is 19.3. The molecule has 1 fully saturated rings. The van der Waals surface area contributed by atoms with Crippen molar-refractivity contribution in [1.82, 2.24) is 29.6 Å². The number of pyridine rings is 1.